The van der Waals surface area contributed by atoms with E-state index in [1.165, 1.54) is 12.8 Å². The van der Waals surface area contributed by atoms with Crippen LogP contribution in [0.15, 0.2) is 0 Å². The second-order valence-electron chi connectivity index (χ2n) is 3.72. The first-order valence-corrected chi connectivity index (χ1v) is 6.25. The Morgan fingerprint density at radius 3 is 1.45 bits per heavy atom. The number of sulfone groups is 1. The molecule has 0 aromatic heterocycles. The van der Waals surface area contributed by atoms with Gasteiger partial charge in [-0.3, -0.25) is 0 Å². The fraction of sp³-hybridized carbons (Fsp3) is 1.00. The van der Waals surface area contributed by atoms with Crippen molar-refractivity contribution in [2.75, 3.05) is 12.5 Å². The van der Waals surface area contributed by atoms with Crippen LogP contribution in [-0.4, -0.2) is 20.9 Å². The third-order valence-corrected chi connectivity index (χ3v) is 1.56. The fourth-order valence-electron chi connectivity index (χ4n) is 0.763. The van der Waals surface area contributed by atoms with Crippen molar-refractivity contribution in [1.82, 2.24) is 0 Å². The molecule has 3 heteroatoms. The highest BCUT2D eigenvalue weighted by Gasteiger charge is 2.23. The van der Waals surface area contributed by atoms with Crippen molar-refractivity contribution in [2.45, 2.75) is 26.7 Å². The Kier molecular flexibility index (Phi) is 4.08. The van der Waals surface area contributed by atoms with Crippen LogP contribution in [0.3, 0.4) is 0 Å². The zero-order valence-corrected chi connectivity index (χ0v) is 8.61. The van der Waals surface area contributed by atoms with Crippen LogP contribution in [-0.2, 0) is 9.84 Å². The Morgan fingerprint density at radius 2 is 1.45 bits per heavy atom. The minimum atomic E-state index is -2.67. The van der Waals surface area contributed by atoms with Gasteiger partial charge >= 0.3 is 0 Å². The summed E-state index contributed by atoms with van der Waals surface area (Å²) < 4.78 is 19.3. The topological polar surface area (TPSA) is 34.1 Å². The maximum atomic E-state index is 9.63. The van der Waals surface area contributed by atoms with E-state index in [0.29, 0.717) is 0 Å². The first kappa shape index (κ1) is 11.0. The van der Waals surface area contributed by atoms with Crippen LogP contribution in [0.1, 0.15) is 26.7 Å². The highest BCUT2D eigenvalue weighted by Crippen LogP contribution is 2.35. The first-order valence-electron chi connectivity index (χ1n) is 3.95. The maximum absolute atomic E-state index is 9.63. The molecule has 1 rings (SSSR count). The second-order valence-corrected chi connectivity index (χ2v) is 6.01. The zero-order valence-electron chi connectivity index (χ0n) is 7.79. The third-order valence-electron chi connectivity index (χ3n) is 1.56. The molecule has 0 saturated heterocycles. The van der Waals surface area contributed by atoms with Gasteiger partial charge in [0.1, 0.15) is 9.84 Å². The van der Waals surface area contributed by atoms with Crippen molar-refractivity contribution >= 4 is 9.84 Å². The summed E-state index contributed by atoms with van der Waals surface area (Å²) in [7, 11) is -2.67. The van der Waals surface area contributed by atoms with Crippen LogP contribution in [0.2, 0.25) is 0 Å². The highest BCUT2D eigenvalue weighted by molar-refractivity contribution is 7.89. The Bertz CT molecular complexity index is 180. The Balaban J connectivity index is 0.000000187. The Labute approximate surface area is 69.9 Å². The molecule has 0 heterocycles. The van der Waals surface area contributed by atoms with Gasteiger partial charge in [-0.1, -0.05) is 13.8 Å². The Morgan fingerprint density at radius 1 is 1.18 bits per heavy atom. The fourth-order valence-corrected chi connectivity index (χ4v) is 0.763. The molecular weight excluding hydrogens is 160 g/mol. The van der Waals surface area contributed by atoms with Gasteiger partial charge in [-0.2, -0.15) is 0 Å². The zero-order chi connectivity index (χ0) is 9.07. The van der Waals surface area contributed by atoms with Crippen LogP contribution in [0, 0.1) is 11.8 Å². The van der Waals surface area contributed by atoms with Gasteiger partial charge in [0, 0.05) is 12.5 Å². The summed E-state index contributed by atoms with van der Waals surface area (Å²) in [6.07, 6.45) is 5.31. The van der Waals surface area contributed by atoms with Crippen molar-refractivity contribution in [3.05, 3.63) is 0 Å². The molecule has 0 radical (unpaired) electrons. The van der Waals surface area contributed by atoms with Gasteiger partial charge in [-0.25, -0.2) is 8.42 Å². The first-order chi connectivity index (χ1) is 4.80. The van der Waals surface area contributed by atoms with Gasteiger partial charge in [0.15, 0.2) is 0 Å². The average molecular weight is 178 g/mol. The van der Waals surface area contributed by atoms with E-state index in [9.17, 15) is 8.42 Å². The van der Waals surface area contributed by atoms with E-state index in [1.54, 1.807) is 0 Å². The maximum Gasteiger partial charge on any atom is 0.144 e. The second kappa shape index (κ2) is 4.10. The minimum absolute atomic E-state index is 0.963. The van der Waals surface area contributed by atoms with E-state index in [1.807, 2.05) is 0 Å². The summed E-state index contributed by atoms with van der Waals surface area (Å²) in [6.45, 7) is 4.61. The summed E-state index contributed by atoms with van der Waals surface area (Å²) in [5.74, 6) is 2.06. The highest BCUT2D eigenvalue weighted by atomic mass is 32.2. The van der Waals surface area contributed by atoms with Crippen molar-refractivity contribution in [1.29, 1.82) is 0 Å². The van der Waals surface area contributed by atoms with Crippen molar-refractivity contribution < 1.29 is 8.42 Å². The third kappa shape index (κ3) is 13.0. The molecule has 1 fully saturated rings. The van der Waals surface area contributed by atoms with Crippen LogP contribution in [0.5, 0.6) is 0 Å². The van der Waals surface area contributed by atoms with E-state index in [0.717, 1.165) is 24.3 Å². The number of rotatable bonds is 1. The molecule has 0 N–H and O–H groups in total. The molecule has 0 unspecified atom stereocenters. The van der Waals surface area contributed by atoms with Crippen molar-refractivity contribution in [3.63, 3.8) is 0 Å². The summed E-state index contributed by atoms with van der Waals surface area (Å²) in [5, 5.41) is 0. The lowest BCUT2D eigenvalue weighted by Gasteiger charge is -1.94. The van der Waals surface area contributed by atoms with Gasteiger partial charge in [0.25, 0.3) is 0 Å². The molecule has 0 spiro atoms. The molecule has 0 aliphatic heterocycles. The van der Waals surface area contributed by atoms with E-state index in [4.69, 9.17) is 0 Å². The molecule has 0 aromatic rings. The molecule has 0 aromatic carbocycles. The van der Waals surface area contributed by atoms with E-state index >= 15 is 0 Å². The molecule has 2 nitrogen and oxygen atoms in total. The standard InChI is InChI=1S/C6H12.C2H6O2S/c1-5(2)6-3-4-6;1-5(2,3)4/h5-6H,3-4H2,1-2H3;1-2H3. The molecule has 1 saturated carbocycles. The van der Waals surface area contributed by atoms with Gasteiger partial charge < -0.3 is 0 Å². The van der Waals surface area contributed by atoms with Gasteiger partial charge in [0.2, 0.25) is 0 Å². The largest absolute Gasteiger partial charge is 0.229 e. The molecule has 1 aliphatic rings. The predicted octanol–water partition coefficient (Wildman–Crippen LogP) is 1.71. The van der Waals surface area contributed by atoms with Crippen molar-refractivity contribution in [3.8, 4) is 0 Å². The normalized spacial score (nSPS) is 17.5. The van der Waals surface area contributed by atoms with Gasteiger partial charge in [-0.15, -0.1) is 0 Å². The summed E-state index contributed by atoms with van der Waals surface area (Å²) >= 11 is 0. The number of hydrogen-bond donors (Lipinski definition) is 0. The molecule has 11 heavy (non-hydrogen) atoms. The number of hydrogen-bond acceptors (Lipinski definition) is 2. The smallest absolute Gasteiger partial charge is 0.144 e. The SMILES string of the molecule is CC(C)C1CC1.CS(C)(=O)=O. The molecule has 1 aliphatic carbocycles. The lowest BCUT2D eigenvalue weighted by atomic mass is 10.1. The van der Waals surface area contributed by atoms with Crippen LogP contribution >= 0.6 is 0 Å². The van der Waals surface area contributed by atoms with Crippen LogP contribution in [0.4, 0.5) is 0 Å². The monoisotopic (exact) mass is 178 g/mol. The molecular formula is C8H18O2S. The summed E-state index contributed by atoms with van der Waals surface area (Å²) in [5.41, 5.74) is 0. The van der Waals surface area contributed by atoms with E-state index in [2.05, 4.69) is 13.8 Å². The lowest BCUT2D eigenvalue weighted by Crippen LogP contribution is -1.86. The summed E-state index contributed by atoms with van der Waals surface area (Å²) in [6, 6.07) is 0. The van der Waals surface area contributed by atoms with Crippen LogP contribution < -0.4 is 0 Å². The molecule has 0 amide bonds. The molecule has 68 valence electrons. The van der Waals surface area contributed by atoms with E-state index < -0.39 is 9.84 Å². The Hall–Kier alpha value is -0.0500. The molecule has 0 atom stereocenters. The average Bonchev–Trinajstić information content (AvgIpc) is 2.34. The minimum Gasteiger partial charge on any atom is -0.229 e. The van der Waals surface area contributed by atoms with Crippen molar-refractivity contribution in [2.24, 2.45) is 11.8 Å². The van der Waals surface area contributed by atoms with Crippen LogP contribution in [0.25, 0.3) is 0 Å². The van der Waals surface area contributed by atoms with Gasteiger partial charge in [0.05, 0.1) is 0 Å². The predicted molar refractivity (Wildman–Crippen MR) is 48.3 cm³/mol. The lowest BCUT2D eigenvalue weighted by molar-refractivity contribution is 0.563. The quantitative estimate of drug-likeness (QED) is 0.612. The summed E-state index contributed by atoms with van der Waals surface area (Å²) in [4.78, 5) is 0. The van der Waals surface area contributed by atoms with Gasteiger partial charge in [-0.05, 0) is 24.7 Å². The molecule has 0 bridgehead atoms. The van der Waals surface area contributed by atoms with E-state index in [-0.39, 0.29) is 0 Å².